The van der Waals surface area contributed by atoms with Gasteiger partial charge in [-0.25, -0.2) is 4.98 Å². The molecule has 5 heteroatoms. The number of hydrogen-bond donors (Lipinski definition) is 1. The van der Waals surface area contributed by atoms with Crippen molar-refractivity contribution in [2.75, 3.05) is 12.8 Å². The Hall–Kier alpha value is -1.75. The van der Waals surface area contributed by atoms with Gasteiger partial charge in [0.25, 0.3) is 0 Å². The smallest absolute Gasteiger partial charge is 0.241 e. The van der Waals surface area contributed by atoms with Gasteiger partial charge in [0, 0.05) is 4.90 Å². The molecule has 0 atom stereocenters. The van der Waals surface area contributed by atoms with Crippen LogP contribution in [-0.2, 0) is 0 Å². The van der Waals surface area contributed by atoms with Gasteiger partial charge in [0.1, 0.15) is 17.0 Å². The number of nitrogens with two attached hydrogens (primary N) is 1. The average Bonchev–Trinajstić information content (AvgIpc) is 2.36. The van der Waals surface area contributed by atoms with Gasteiger partial charge in [-0.05, 0) is 37.1 Å². The molecule has 0 spiro atoms. The SMILES string of the molecule is COc1ncnc(Sc2ccc(C)c(C)c2)c1N. The zero-order chi connectivity index (χ0) is 13.1. The van der Waals surface area contributed by atoms with Crippen LogP contribution < -0.4 is 10.5 Å². The molecule has 1 aromatic carbocycles. The van der Waals surface area contributed by atoms with Crippen molar-refractivity contribution in [2.24, 2.45) is 0 Å². The van der Waals surface area contributed by atoms with Crippen molar-refractivity contribution in [3.63, 3.8) is 0 Å². The largest absolute Gasteiger partial charge is 0.479 e. The van der Waals surface area contributed by atoms with Gasteiger partial charge < -0.3 is 10.5 Å². The molecular weight excluding hydrogens is 246 g/mol. The minimum Gasteiger partial charge on any atom is -0.479 e. The molecule has 2 N–H and O–H groups in total. The van der Waals surface area contributed by atoms with Gasteiger partial charge in [-0.15, -0.1) is 0 Å². The van der Waals surface area contributed by atoms with Crippen molar-refractivity contribution in [1.29, 1.82) is 0 Å². The first-order chi connectivity index (χ1) is 8.61. The number of benzene rings is 1. The number of rotatable bonds is 3. The second kappa shape index (κ2) is 5.27. The summed E-state index contributed by atoms with van der Waals surface area (Å²) in [4.78, 5) is 9.24. The Kier molecular flexibility index (Phi) is 3.72. The number of anilines is 1. The molecular formula is C13H15N3OS. The highest BCUT2D eigenvalue weighted by Crippen LogP contribution is 2.34. The van der Waals surface area contributed by atoms with Gasteiger partial charge in [0.15, 0.2) is 0 Å². The van der Waals surface area contributed by atoms with Gasteiger partial charge in [-0.2, -0.15) is 4.98 Å². The van der Waals surface area contributed by atoms with Crippen LogP contribution in [0.2, 0.25) is 0 Å². The summed E-state index contributed by atoms with van der Waals surface area (Å²) in [7, 11) is 1.54. The zero-order valence-corrected chi connectivity index (χ0v) is 11.4. The second-order valence-electron chi connectivity index (χ2n) is 3.95. The van der Waals surface area contributed by atoms with Crippen molar-refractivity contribution >= 4 is 17.4 Å². The Balaban J connectivity index is 2.31. The monoisotopic (exact) mass is 261 g/mol. The average molecular weight is 261 g/mol. The minimum atomic E-state index is 0.413. The lowest BCUT2D eigenvalue weighted by atomic mass is 10.1. The van der Waals surface area contributed by atoms with Crippen LogP contribution in [0.1, 0.15) is 11.1 Å². The molecule has 0 bridgehead atoms. The fourth-order valence-electron chi connectivity index (χ4n) is 1.50. The van der Waals surface area contributed by atoms with E-state index in [0.29, 0.717) is 16.6 Å². The molecule has 0 aliphatic rings. The highest BCUT2D eigenvalue weighted by atomic mass is 32.2. The quantitative estimate of drug-likeness (QED) is 0.861. The van der Waals surface area contributed by atoms with E-state index in [0.717, 1.165) is 4.90 Å². The minimum absolute atomic E-state index is 0.413. The Morgan fingerprint density at radius 1 is 1.17 bits per heavy atom. The summed E-state index contributed by atoms with van der Waals surface area (Å²) in [5.41, 5.74) is 8.93. The Morgan fingerprint density at radius 3 is 2.61 bits per heavy atom. The number of aryl methyl sites for hydroxylation is 2. The van der Waals surface area contributed by atoms with E-state index in [1.54, 1.807) is 7.11 Å². The van der Waals surface area contributed by atoms with E-state index in [2.05, 4.69) is 42.0 Å². The first-order valence-corrected chi connectivity index (χ1v) is 6.33. The van der Waals surface area contributed by atoms with E-state index >= 15 is 0 Å². The van der Waals surface area contributed by atoms with Crippen LogP contribution in [0.15, 0.2) is 34.4 Å². The summed E-state index contributed by atoms with van der Waals surface area (Å²) < 4.78 is 5.08. The number of methoxy groups -OCH3 is 1. The summed E-state index contributed by atoms with van der Waals surface area (Å²) in [5.74, 6) is 0.413. The normalized spacial score (nSPS) is 10.4. The second-order valence-corrected chi connectivity index (χ2v) is 5.01. The fourth-order valence-corrected chi connectivity index (χ4v) is 2.39. The molecule has 0 fully saturated rings. The lowest BCUT2D eigenvalue weighted by molar-refractivity contribution is 0.397. The van der Waals surface area contributed by atoms with Gasteiger partial charge in [-0.1, -0.05) is 17.8 Å². The molecule has 1 aromatic heterocycles. The van der Waals surface area contributed by atoms with Crippen LogP contribution in [0, 0.1) is 13.8 Å². The molecule has 2 rings (SSSR count). The number of ether oxygens (including phenoxy) is 1. The van der Waals surface area contributed by atoms with Crippen molar-refractivity contribution in [3.8, 4) is 5.88 Å². The van der Waals surface area contributed by atoms with Crippen LogP contribution in [0.5, 0.6) is 5.88 Å². The summed E-state index contributed by atoms with van der Waals surface area (Å²) in [6.07, 6.45) is 1.46. The first-order valence-electron chi connectivity index (χ1n) is 5.51. The van der Waals surface area contributed by atoms with Crippen molar-refractivity contribution < 1.29 is 4.74 Å². The summed E-state index contributed by atoms with van der Waals surface area (Å²) in [6.45, 7) is 4.18. The van der Waals surface area contributed by atoms with E-state index in [-0.39, 0.29) is 0 Å². The maximum absolute atomic E-state index is 5.94. The molecule has 0 saturated heterocycles. The third-order valence-corrected chi connectivity index (χ3v) is 3.71. The maximum Gasteiger partial charge on any atom is 0.241 e. The number of nitrogens with zero attached hydrogens (tertiary/aromatic N) is 2. The van der Waals surface area contributed by atoms with Crippen LogP contribution in [0.4, 0.5) is 5.69 Å². The predicted octanol–water partition coefficient (Wildman–Crippen LogP) is 2.84. The Morgan fingerprint density at radius 2 is 1.94 bits per heavy atom. The van der Waals surface area contributed by atoms with Gasteiger partial charge in [-0.3, -0.25) is 0 Å². The molecule has 0 aliphatic heterocycles. The molecule has 94 valence electrons. The van der Waals surface area contributed by atoms with Gasteiger partial charge in [0.05, 0.1) is 7.11 Å². The molecule has 2 aromatic rings. The molecule has 1 heterocycles. The number of nitrogen functional groups attached to an aromatic ring is 1. The number of aromatic nitrogens is 2. The lowest BCUT2D eigenvalue weighted by Gasteiger charge is -2.08. The fraction of sp³-hybridized carbons (Fsp3) is 0.231. The molecule has 0 amide bonds. The van der Waals surface area contributed by atoms with E-state index < -0.39 is 0 Å². The van der Waals surface area contributed by atoms with E-state index in [1.165, 1.54) is 29.2 Å². The summed E-state index contributed by atoms with van der Waals surface area (Å²) >= 11 is 1.51. The summed E-state index contributed by atoms with van der Waals surface area (Å²) in [5, 5.41) is 0.713. The van der Waals surface area contributed by atoms with Gasteiger partial charge >= 0.3 is 0 Å². The Labute approximate surface area is 111 Å². The van der Waals surface area contributed by atoms with Crippen LogP contribution in [0.3, 0.4) is 0 Å². The van der Waals surface area contributed by atoms with E-state index in [9.17, 15) is 0 Å². The third kappa shape index (κ3) is 2.56. The highest BCUT2D eigenvalue weighted by Gasteiger charge is 2.10. The van der Waals surface area contributed by atoms with E-state index in [1.807, 2.05) is 0 Å². The number of hydrogen-bond acceptors (Lipinski definition) is 5. The standard InChI is InChI=1S/C13H15N3OS/c1-8-4-5-10(6-9(8)2)18-13-11(14)12(17-3)15-7-16-13/h4-7H,14H2,1-3H3. The molecule has 0 unspecified atom stereocenters. The van der Waals surface area contributed by atoms with Crippen LogP contribution >= 0.6 is 11.8 Å². The molecule has 4 nitrogen and oxygen atoms in total. The van der Waals surface area contributed by atoms with Crippen molar-refractivity contribution in [3.05, 3.63) is 35.7 Å². The third-order valence-electron chi connectivity index (χ3n) is 2.70. The maximum atomic E-state index is 5.94. The topological polar surface area (TPSA) is 61.0 Å². The van der Waals surface area contributed by atoms with Crippen LogP contribution in [0.25, 0.3) is 0 Å². The van der Waals surface area contributed by atoms with Gasteiger partial charge in [0.2, 0.25) is 5.88 Å². The molecule has 0 aliphatic carbocycles. The van der Waals surface area contributed by atoms with Crippen molar-refractivity contribution in [2.45, 2.75) is 23.8 Å². The first kappa shape index (κ1) is 12.7. The Bertz CT molecular complexity index is 572. The molecule has 0 radical (unpaired) electrons. The van der Waals surface area contributed by atoms with E-state index in [4.69, 9.17) is 10.5 Å². The van der Waals surface area contributed by atoms with Crippen molar-refractivity contribution in [1.82, 2.24) is 9.97 Å². The highest BCUT2D eigenvalue weighted by molar-refractivity contribution is 7.99. The molecule has 0 saturated carbocycles. The molecule has 18 heavy (non-hydrogen) atoms. The van der Waals surface area contributed by atoms with Crippen LogP contribution in [-0.4, -0.2) is 17.1 Å². The lowest BCUT2D eigenvalue weighted by Crippen LogP contribution is -1.99. The predicted molar refractivity (Wildman–Crippen MR) is 73.0 cm³/mol. The summed E-state index contributed by atoms with van der Waals surface area (Å²) in [6, 6.07) is 6.27. The zero-order valence-electron chi connectivity index (χ0n) is 10.6.